The van der Waals surface area contributed by atoms with Crippen LogP contribution in [0.5, 0.6) is 5.75 Å². The largest absolute Gasteiger partial charge is 0.497 e. The van der Waals surface area contributed by atoms with Gasteiger partial charge in [0.2, 0.25) is 0 Å². The van der Waals surface area contributed by atoms with Crippen molar-refractivity contribution in [2.45, 2.75) is 19.4 Å². The van der Waals surface area contributed by atoms with Gasteiger partial charge in [0, 0.05) is 0 Å². The molecule has 0 saturated heterocycles. The SMILES string of the molecule is COc1ccc(C(C)(O)C2=CC=CC(C)C=C2)cc1. The summed E-state index contributed by atoms with van der Waals surface area (Å²) in [5.74, 6) is 1.18. The molecule has 0 aromatic heterocycles. The van der Waals surface area contributed by atoms with Gasteiger partial charge in [-0.05, 0) is 36.1 Å². The fourth-order valence-electron chi connectivity index (χ4n) is 2.12. The van der Waals surface area contributed by atoms with E-state index in [9.17, 15) is 5.11 Å². The monoisotopic (exact) mass is 256 g/mol. The van der Waals surface area contributed by atoms with Crippen LogP contribution in [0.25, 0.3) is 0 Å². The molecule has 2 atom stereocenters. The quantitative estimate of drug-likeness (QED) is 0.895. The van der Waals surface area contributed by atoms with Crippen molar-refractivity contribution in [3.63, 3.8) is 0 Å². The summed E-state index contributed by atoms with van der Waals surface area (Å²) in [6.45, 7) is 3.93. The molecule has 1 aromatic carbocycles. The van der Waals surface area contributed by atoms with Crippen molar-refractivity contribution >= 4 is 0 Å². The van der Waals surface area contributed by atoms with Gasteiger partial charge in [-0.2, -0.15) is 0 Å². The van der Waals surface area contributed by atoms with Gasteiger partial charge in [-0.1, -0.05) is 49.4 Å². The minimum absolute atomic E-state index is 0.389. The van der Waals surface area contributed by atoms with Crippen molar-refractivity contribution in [2.24, 2.45) is 5.92 Å². The molecule has 1 aliphatic rings. The van der Waals surface area contributed by atoms with E-state index in [1.54, 1.807) is 7.11 Å². The molecule has 0 bridgehead atoms. The number of rotatable bonds is 3. The Kier molecular flexibility index (Phi) is 3.91. The second-order valence-electron chi connectivity index (χ2n) is 5.03. The van der Waals surface area contributed by atoms with Gasteiger partial charge in [0.15, 0.2) is 0 Å². The Labute approximate surface area is 114 Å². The Morgan fingerprint density at radius 2 is 1.84 bits per heavy atom. The molecule has 0 spiro atoms. The Morgan fingerprint density at radius 3 is 2.47 bits per heavy atom. The smallest absolute Gasteiger partial charge is 0.118 e. The summed E-state index contributed by atoms with van der Waals surface area (Å²) in [6, 6.07) is 7.52. The third-order valence-electron chi connectivity index (χ3n) is 3.48. The predicted molar refractivity (Wildman–Crippen MR) is 78.1 cm³/mol. The first kappa shape index (κ1) is 13.6. The molecule has 0 amide bonds. The molecule has 0 fully saturated rings. The average molecular weight is 256 g/mol. The van der Waals surface area contributed by atoms with Crippen LogP contribution in [0.1, 0.15) is 19.4 Å². The zero-order chi connectivity index (χ0) is 13.9. The Bertz CT molecular complexity index is 519. The van der Waals surface area contributed by atoms with Gasteiger partial charge in [-0.25, -0.2) is 0 Å². The maximum absolute atomic E-state index is 10.8. The molecule has 0 heterocycles. The standard InChI is InChI=1S/C17H20O2/c1-13-5-4-6-14(8-7-13)17(2,18)15-9-11-16(19-3)12-10-15/h4-13,18H,1-3H3. The summed E-state index contributed by atoms with van der Waals surface area (Å²) in [4.78, 5) is 0. The van der Waals surface area contributed by atoms with Crippen molar-refractivity contribution in [3.8, 4) is 5.75 Å². The summed E-state index contributed by atoms with van der Waals surface area (Å²) in [7, 11) is 1.63. The predicted octanol–water partition coefficient (Wildman–Crippen LogP) is 3.59. The summed E-state index contributed by atoms with van der Waals surface area (Å²) in [5, 5.41) is 10.8. The van der Waals surface area contributed by atoms with Crippen molar-refractivity contribution in [3.05, 3.63) is 65.8 Å². The van der Waals surface area contributed by atoms with Gasteiger partial charge in [0.1, 0.15) is 11.4 Å². The number of hydrogen-bond acceptors (Lipinski definition) is 2. The van der Waals surface area contributed by atoms with Crippen LogP contribution in [0.3, 0.4) is 0 Å². The van der Waals surface area contributed by atoms with Crippen LogP contribution in [0.15, 0.2) is 60.2 Å². The molecule has 0 aliphatic heterocycles. The Hall–Kier alpha value is -1.80. The van der Waals surface area contributed by atoms with Crippen molar-refractivity contribution in [2.75, 3.05) is 7.11 Å². The third-order valence-corrected chi connectivity index (χ3v) is 3.48. The van der Waals surface area contributed by atoms with Gasteiger partial charge < -0.3 is 9.84 Å². The van der Waals surface area contributed by atoms with E-state index < -0.39 is 5.60 Å². The normalized spacial score (nSPS) is 21.5. The van der Waals surface area contributed by atoms with Crippen LogP contribution in [-0.2, 0) is 5.60 Å². The number of methoxy groups -OCH3 is 1. The average Bonchev–Trinajstić information content (AvgIpc) is 2.64. The number of ether oxygens (including phenoxy) is 1. The molecule has 100 valence electrons. The molecule has 1 aliphatic carbocycles. The van der Waals surface area contributed by atoms with E-state index in [1.807, 2.05) is 49.4 Å². The van der Waals surface area contributed by atoms with Crippen LogP contribution in [0.4, 0.5) is 0 Å². The molecule has 2 unspecified atom stereocenters. The highest BCUT2D eigenvalue weighted by Gasteiger charge is 2.26. The highest BCUT2D eigenvalue weighted by molar-refractivity contribution is 5.42. The van der Waals surface area contributed by atoms with Gasteiger partial charge in [-0.3, -0.25) is 0 Å². The first-order valence-electron chi connectivity index (χ1n) is 6.48. The summed E-state index contributed by atoms with van der Waals surface area (Å²) < 4.78 is 5.14. The molecule has 2 heteroatoms. The highest BCUT2D eigenvalue weighted by atomic mass is 16.5. The summed E-state index contributed by atoms with van der Waals surface area (Å²) in [6.07, 6.45) is 10.2. The number of allylic oxidation sites excluding steroid dienone is 4. The van der Waals surface area contributed by atoms with Gasteiger partial charge in [-0.15, -0.1) is 0 Å². The molecule has 1 N–H and O–H groups in total. The van der Waals surface area contributed by atoms with E-state index in [2.05, 4.69) is 19.1 Å². The number of hydrogen-bond donors (Lipinski definition) is 1. The van der Waals surface area contributed by atoms with Crippen LogP contribution in [-0.4, -0.2) is 12.2 Å². The van der Waals surface area contributed by atoms with Crippen LogP contribution in [0.2, 0.25) is 0 Å². The van der Waals surface area contributed by atoms with Crippen molar-refractivity contribution < 1.29 is 9.84 Å². The zero-order valence-corrected chi connectivity index (χ0v) is 11.6. The minimum atomic E-state index is -1.00. The summed E-state index contributed by atoms with van der Waals surface area (Å²) >= 11 is 0. The molecule has 19 heavy (non-hydrogen) atoms. The molecular weight excluding hydrogens is 236 g/mol. The van der Waals surface area contributed by atoms with Crippen LogP contribution < -0.4 is 4.74 Å². The maximum atomic E-state index is 10.8. The van der Waals surface area contributed by atoms with Crippen molar-refractivity contribution in [1.82, 2.24) is 0 Å². The lowest BCUT2D eigenvalue weighted by Gasteiger charge is -2.25. The lowest BCUT2D eigenvalue weighted by molar-refractivity contribution is 0.101. The highest BCUT2D eigenvalue weighted by Crippen LogP contribution is 2.32. The number of aliphatic hydroxyl groups is 1. The van der Waals surface area contributed by atoms with E-state index >= 15 is 0 Å². The number of benzene rings is 1. The zero-order valence-electron chi connectivity index (χ0n) is 11.6. The second kappa shape index (κ2) is 5.45. The molecule has 2 rings (SSSR count). The van der Waals surface area contributed by atoms with Gasteiger partial charge in [0.05, 0.1) is 7.11 Å². The Balaban J connectivity index is 2.33. The second-order valence-corrected chi connectivity index (χ2v) is 5.03. The minimum Gasteiger partial charge on any atom is -0.497 e. The van der Waals surface area contributed by atoms with E-state index in [0.717, 1.165) is 16.9 Å². The first-order chi connectivity index (χ1) is 9.04. The van der Waals surface area contributed by atoms with Gasteiger partial charge >= 0.3 is 0 Å². The molecule has 0 radical (unpaired) electrons. The Morgan fingerprint density at radius 1 is 1.16 bits per heavy atom. The lowest BCUT2D eigenvalue weighted by Crippen LogP contribution is -2.23. The maximum Gasteiger partial charge on any atom is 0.118 e. The van der Waals surface area contributed by atoms with E-state index in [-0.39, 0.29) is 0 Å². The topological polar surface area (TPSA) is 29.5 Å². The fraction of sp³-hybridized carbons (Fsp3) is 0.294. The van der Waals surface area contributed by atoms with Gasteiger partial charge in [0.25, 0.3) is 0 Å². The van der Waals surface area contributed by atoms with Crippen molar-refractivity contribution in [1.29, 1.82) is 0 Å². The van der Waals surface area contributed by atoms with Crippen LogP contribution in [0, 0.1) is 5.92 Å². The first-order valence-corrected chi connectivity index (χ1v) is 6.48. The van der Waals surface area contributed by atoms with Crippen LogP contribution >= 0.6 is 0 Å². The molecule has 0 saturated carbocycles. The molecular formula is C17H20O2. The molecule has 1 aromatic rings. The van der Waals surface area contributed by atoms with E-state index in [0.29, 0.717) is 5.92 Å². The lowest BCUT2D eigenvalue weighted by atomic mass is 9.87. The van der Waals surface area contributed by atoms with E-state index in [4.69, 9.17) is 4.74 Å². The molecule has 2 nitrogen and oxygen atoms in total. The third kappa shape index (κ3) is 2.96. The van der Waals surface area contributed by atoms with E-state index in [1.165, 1.54) is 0 Å². The fourth-order valence-corrected chi connectivity index (χ4v) is 2.12. The summed E-state index contributed by atoms with van der Waals surface area (Å²) in [5.41, 5.74) is 0.738.